The monoisotopic (exact) mass is 317 g/mol. The standard InChI is InChI=1S/C19H31N3O/c1-14-13-18(15(2)22(14)17-7-5-4-6-8-17)19(23)21(3)16-9-11-20-12-10-16/h13,16-17,20H,4-12H2,1-3H3. The molecule has 2 fully saturated rings. The van der Waals surface area contributed by atoms with Crippen LogP contribution in [0.15, 0.2) is 6.07 Å². The molecule has 2 aliphatic rings. The van der Waals surface area contributed by atoms with E-state index in [-0.39, 0.29) is 5.91 Å². The van der Waals surface area contributed by atoms with Gasteiger partial charge in [0, 0.05) is 30.5 Å². The number of nitrogens with zero attached hydrogens (tertiary/aromatic N) is 2. The van der Waals surface area contributed by atoms with Gasteiger partial charge in [-0.05, 0) is 58.7 Å². The minimum absolute atomic E-state index is 0.201. The Morgan fingerprint density at radius 2 is 1.78 bits per heavy atom. The van der Waals surface area contributed by atoms with Crippen molar-refractivity contribution >= 4 is 5.91 Å². The second-order valence-corrected chi connectivity index (χ2v) is 7.34. The molecule has 1 saturated heterocycles. The lowest BCUT2D eigenvalue weighted by atomic mass is 9.95. The zero-order valence-electron chi connectivity index (χ0n) is 14.9. The molecule has 1 saturated carbocycles. The first kappa shape index (κ1) is 16.6. The van der Waals surface area contributed by atoms with Crippen LogP contribution >= 0.6 is 0 Å². The largest absolute Gasteiger partial charge is 0.345 e. The Labute approximate surface area is 140 Å². The number of piperidine rings is 1. The predicted molar refractivity (Wildman–Crippen MR) is 94.0 cm³/mol. The van der Waals surface area contributed by atoms with E-state index in [1.165, 1.54) is 43.5 Å². The van der Waals surface area contributed by atoms with E-state index in [9.17, 15) is 4.79 Å². The molecule has 128 valence electrons. The molecule has 0 atom stereocenters. The summed E-state index contributed by atoms with van der Waals surface area (Å²) in [5, 5.41) is 3.37. The molecule has 1 amide bonds. The normalized spacial score (nSPS) is 20.7. The van der Waals surface area contributed by atoms with Crippen molar-refractivity contribution in [2.24, 2.45) is 0 Å². The van der Waals surface area contributed by atoms with E-state index >= 15 is 0 Å². The number of aromatic nitrogens is 1. The van der Waals surface area contributed by atoms with Crippen LogP contribution in [-0.4, -0.2) is 41.6 Å². The minimum Gasteiger partial charge on any atom is -0.345 e. The average molecular weight is 317 g/mol. The lowest BCUT2D eigenvalue weighted by Gasteiger charge is -2.32. The lowest BCUT2D eigenvalue weighted by molar-refractivity contribution is 0.0702. The van der Waals surface area contributed by atoms with Gasteiger partial charge in [0.25, 0.3) is 5.91 Å². The van der Waals surface area contributed by atoms with Gasteiger partial charge in [0.2, 0.25) is 0 Å². The van der Waals surface area contributed by atoms with Crippen molar-refractivity contribution in [3.63, 3.8) is 0 Å². The third kappa shape index (κ3) is 3.32. The van der Waals surface area contributed by atoms with Crippen molar-refractivity contribution in [2.45, 2.75) is 70.9 Å². The zero-order valence-corrected chi connectivity index (χ0v) is 14.9. The third-order valence-electron chi connectivity index (χ3n) is 5.83. The summed E-state index contributed by atoms with van der Waals surface area (Å²) < 4.78 is 2.43. The van der Waals surface area contributed by atoms with Crippen LogP contribution in [0.4, 0.5) is 0 Å². The van der Waals surface area contributed by atoms with Crippen LogP contribution in [0.2, 0.25) is 0 Å². The summed E-state index contributed by atoms with van der Waals surface area (Å²) in [5.41, 5.74) is 3.32. The SMILES string of the molecule is Cc1cc(C(=O)N(C)C2CCNCC2)c(C)n1C1CCCCC1. The highest BCUT2D eigenvalue weighted by Gasteiger charge is 2.27. The van der Waals surface area contributed by atoms with E-state index in [1.54, 1.807) is 0 Å². The number of hydrogen-bond donors (Lipinski definition) is 1. The number of carbonyl (C=O) groups excluding carboxylic acids is 1. The molecule has 1 N–H and O–H groups in total. The molecule has 23 heavy (non-hydrogen) atoms. The second kappa shape index (κ2) is 7.08. The third-order valence-corrected chi connectivity index (χ3v) is 5.83. The fourth-order valence-electron chi connectivity index (χ4n) is 4.44. The van der Waals surface area contributed by atoms with Crippen LogP contribution < -0.4 is 5.32 Å². The number of amides is 1. The number of carbonyl (C=O) groups is 1. The smallest absolute Gasteiger partial charge is 0.255 e. The summed E-state index contributed by atoms with van der Waals surface area (Å²) in [6, 6.07) is 3.08. The van der Waals surface area contributed by atoms with E-state index in [0.29, 0.717) is 12.1 Å². The average Bonchev–Trinajstić information content (AvgIpc) is 2.89. The molecule has 0 spiro atoms. The quantitative estimate of drug-likeness (QED) is 0.927. The highest BCUT2D eigenvalue weighted by atomic mass is 16.2. The van der Waals surface area contributed by atoms with Gasteiger partial charge >= 0.3 is 0 Å². The van der Waals surface area contributed by atoms with Gasteiger partial charge in [0.15, 0.2) is 0 Å². The van der Waals surface area contributed by atoms with Gasteiger partial charge in [0.05, 0.1) is 5.56 Å². The van der Waals surface area contributed by atoms with Crippen LogP contribution in [0.1, 0.15) is 72.7 Å². The topological polar surface area (TPSA) is 37.3 Å². The van der Waals surface area contributed by atoms with Crippen molar-refractivity contribution in [3.8, 4) is 0 Å². The first-order valence-corrected chi connectivity index (χ1v) is 9.26. The van der Waals surface area contributed by atoms with Crippen LogP contribution in [0.5, 0.6) is 0 Å². The molecular weight excluding hydrogens is 286 g/mol. The molecule has 4 nitrogen and oxygen atoms in total. The number of rotatable bonds is 3. The van der Waals surface area contributed by atoms with Gasteiger partial charge in [-0.2, -0.15) is 0 Å². The molecule has 1 aromatic heterocycles. The summed E-state index contributed by atoms with van der Waals surface area (Å²) in [6.07, 6.45) is 8.63. The van der Waals surface area contributed by atoms with Crippen LogP contribution in [0, 0.1) is 13.8 Å². The number of aryl methyl sites for hydroxylation is 1. The maximum absolute atomic E-state index is 13.0. The Hall–Kier alpha value is -1.29. The fourth-order valence-corrected chi connectivity index (χ4v) is 4.44. The van der Waals surface area contributed by atoms with Gasteiger partial charge in [-0.1, -0.05) is 19.3 Å². The molecule has 3 rings (SSSR count). The Bertz CT molecular complexity index is 551. The van der Waals surface area contributed by atoms with Crippen molar-refractivity contribution in [1.29, 1.82) is 0 Å². The Morgan fingerprint density at radius 1 is 1.13 bits per heavy atom. The molecule has 4 heteroatoms. The fraction of sp³-hybridized carbons (Fsp3) is 0.737. The first-order valence-electron chi connectivity index (χ1n) is 9.26. The highest BCUT2D eigenvalue weighted by molar-refractivity contribution is 5.95. The van der Waals surface area contributed by atoms with Crippen molar-refractivity contribution in [1.82, 2.24) is 14.8 Å². The van der Waals surface area contributed by atoms with Crippen LogP contribution in [-0.2, 0) is 0 Å². The zero-order chi connectivity index (χ0) is 16.4. The second-order valence-electron chi connectivity index (χ2n) is 7.34. The Morgan fingerprint density at radius 3 is 2.43 bits per heavy atom. The Kier molecular flexibility index (Phi) is 5.10. The van der Waals surface area contributed by atoms with E-state index < -0.39 is 0 Å². The predicted octanol–water partition coefficient (Wildman–Crippen LogP) is 3.43. The maximum atomic E-state index is 13.0. The highest BCUT2D eigenvalue weighted by Crippen LogP contribution is 2.32. The van der Waals surface area contributed by atoms with Crippen LogP contribution in [0.25, 0.3) is 0 Å². The van der Waals surface area contributed by atoms with E-state index in [4.69, 9.17) is 0 Å². The Balaban J connectivity index is 1.80. The summed E-state index contributed by atoms with van der Waals surface area (Å²) >= 11 is 0. The van der Waals surface area contributed by atoms with Gasteiger partial charge in [-0.15, -0.1) is 0 Å². The van der Waals surface area contributed by atoms with Gasteiger partial charge in [0.1, 0.15) is 0 Å². The number of nitrogens with one attached hydrogen (secondary N) is 1. The molecule has 0 radical (unpaired) electrons. The lowest BCUT2D eigenvalue weighted by Crippen LogP contribution is -2.44. The van der Waals surface area contributed by atoms with Crippen molar-refractivity contribution < 1.29 is 4.79 Å². The summed E-state index contributed by atoms with van der Waals surface area (Å²) in [7, 11) is 1.98. The van der Waals surface area contributed by atoms with Gasteiger partial charge < -0.3 is 14.8 Å². The molecule has 1 aromatic rings. The van der Waals surface area contributed by atoms with E-state index in [1.807, 2.05) is 11.9 Å². The van der Waals surface area contributed by atoms with Gasteiger partial charge in [-0.3, -0.25) is 4.79 Å². The molecule has 0 aromatic carbocycles. The van der Waals surface area contributed by atoms with E-state index in [2.05, 4.69) is 29.8 Å². The van der Waals surface area contributed by atoms with Gasteiger partial charge in [-0.25, -0.2) is 0 Å². The number of hydrogen-bond acceptors (Lipinski definition) is 2. The first-order chi connectivity index (χ1) is 11.1. The molecule has 0 unspecified atom stereocenters. The van der Waals surface area contributed by atoms with Crippen LogP contribution in [0.3, 0.4) is 0 Å². The molecule has 0 bridgehead atoms. The molecule has 1 aliphatic heterocycles. The summed E-state index contributed by atoms with van der Waals surface area (Å²) in [4.78, 5) is 15.0. The summed E-state index contributed by atoms with van der Waals surface area (Å²) in [5.74, 6) is 0.201. The van der Waals surface area contributed by atoms with Crippen molar-refractivity contribution in [2.75, 3.05) is 20.1 Å². The summed E-state index contributed by atoms with van der Waals surface area (Å²) in [6.45, 7) is 6.32. The molecule has 2 heterocycles. The van der Waals surface area contributed by atoms with Crippen molar-refractivity contribution in [3.05, 3.63) is 23.0 Å². The molecular formula is C19H31N3O. The maximum Gasteiger partial charge on any atom is 0.255 e. The minimum atomic E-state index is 0.201. The van der Waals surface area contributed by atoms with E-state index in [0.717, 1.165) is 31.5 Å². The molecule has 1 aliphatic carbocycles.